The number of benzene rings is 1. The number of fused-ring (bicyclic) bond motifs is 1. The van der Waals surface area contributed by atoms with Crippen molar-refractivity contribution >= 4 is 23.0 Å². The molecule has 0 unspecified atom stereocenters. The molecule has 0 aliphatic carbocycles. The molecular formula is C21H32ClOP. The van der Waals surface area contributed by atoms with Crippen LogP contribution in [0.1, 0.15) is 90.8 Å². The number of hydrogen-bond donors (Lipinski definition) is 0. The molecule has 0 fully saturated rings. The summed E-state index contributed by atoms with van der Waals surface area (Å²) in [5.74, 6) is 0.728. The highest BCUT2D eigenvalue weighted by molar-refractivity contribution is 7.98. The van der Waals surface area contributed by atoms with E-state index in [1.807, 2.05) is 0 Å². The van der Waals surface area contributed by atoms with Gasteiger partial charge in [-0.25, -0.2) is 0 Å². The Labute approximate surface area is 153 Å². The molecule has 3 heteroatoms. The lowest BCUT2D eigenvalue weighted by atomic mass is 9.78. The minimum Gasteiger partial charge on any atom is -0.297 e. The number of rotatable bonds is 2. The second-order valence-corrected chi connectivity index (χ2v) is 12.8. The highest BCUT2D eigenvalue weighted by atomic mass is 35.7. The van der Waals surface area contributed by atoms with E-state index < -0.39 is 6.49 Å². The molecule has 0 saturated carbocycles. The average Bonchev–Trinajstić information content (AvgIpc) is 2.40. The van der Waals surface area contributed by atoms with Crippen molar-refractivity contribution in [3.8, 4) is 0 Å². The molecule has 1 atom stereocenters. The van der Waals surface area contributed by atoms with E-state index in [4.69, 9.17) is 11.2 Å². The maximum Gasteiger partial charge on any atom is 0.222 e. The van der Waals surface area contributed by atoms with Gasteiger partial charge >= 0.3 is 0 Å². The van der Waals surface area contributed by atoms with Gasteiger partial charge in [0, 0.05) is 16.0 Å². The summed E-state index contributed by atoms with van der Waals surface area (Å²) in [7, 11) is 0. The first-order chi connectivity index (χ1) is 10.7. The number of hydrogen-bond acceptors (Lipinski definition) is 1. The fourth-order valence-electron chi connectivity index (χ4n) is 3.54. The van der Waals surface area contributed by atoms with Crippen molar-refractivity contribution in [2.75, 3.05) is 0 Å². The monoisotopic (exact) mass is 366 g/mol. The standard InChI is InChI=1S/C21H32ClOP/c1-13(2)15-10-16(14(3)4)19-17(11-15)21(8,9)12-18(20(5,6)7)24(19,22)23/h10-14H,1-9H3/t24-/m1/s1. The van der Waals surface area contributed by atoms with E-state index >= 15 is 0 Å². The molecule has 1 aliphatic heterocycles. The lowest BCUT2D eigenvalue weighted by Gasteiger charge is -2.40. The average molecular weight is 367 g/mol. The minimum atomic E-state index is -3.10. The van der Waals surface area contributed by atoms with Gasteiger partial charge in [-0.05, 0) is 45.2 Å². The molecule has 0 bridgehead atoms. The van der Waals surface area contributed by atoms with Crippen molar-refractivity contribution in [2.45, 2.75) is 79.6 Å². The molecule has 1 aliphatic rings. The largest absolute Gasteiger partial charge is 0.297 e. The predicted octanol–water partition coefficient (Wildman–Crippen LogP) is 7.30. The summed E-state index contributed by atoms with van der Waals surface area (Å²) in [6, 6.07) is 4.46. The fourth-order valence-corrected chi connectivity index (χ4v) is 7.92. The van der Waals surface area contributed by atoms with Crippen molar-refractivity contribution in [2.24, 2.45) is 5.41 Å². The lowest BCUT2D eigenvalue weighted by Crippen LogP contribution is -2.33. The zero-order valence-corrected chi connectivity index (χ0v) is 18.3. The van der Waals surface area contributed by atoms with Crippen LogP contribution >= 0.6 is 17.7 Å². The first kappa shape index (κ1) is 19.8. The topological polar surface area (TPSA) is 17.1 Å². The van der Waals surface area contributed by atoms with Crippen LogP contribution in [-0.2, 0) is 9.98 Å². The summed E-state index contributed by atoms with van der Waals surface area (Å²) in [6.45, 7) is 16.4. The van der Waals surface area contributed by atoms with Gasteiger partial charge in [-0.3, -0.25) is 4.57 Å². The highest BCUT2D eigenvalue weighted by Crippen LogP contribution is 2.68. The van der Waals surface area contributed by atoms with Crippen molar-refractivity contribution in [3.63, 3.8) is 0 Å². The molecule has 0 radical (unpaired) electrons. The Morgan fingerprint density at radius 3 is 2.00 bits per heavy atom. The summed E-state index contributed by atoms with van der Waals surface area (Å²) in [5.41, 5.74) is 3.21. The molecule has 1 aromatic rings. The quantitative estimate of drug-likeness (QED) is 0.502. The SMILES string of the molecule is CC(C)c1cc(C(C)C)c2c(c1)C(C)(C)C=C(C(C)(C)C)[P@]2(=O)Cl. The van der Waals surface area contributed by atoms with Gasteiger partial charge in [0.15, 0.2) is 0 Å². The van der Waals surface area contributed by atoms with E-state index in [0.29, 0.717) is 11.8 Å². The van der Waals surface area contributed by atoms with Crippen LogP contribution in [0.2, 0.25) is 0 Å². The molecule has 1 heterocycles. The number of allylic oxidation sites excluding steroid dienone is 2. The molecule has 0 N–H and O–H groups in total. The molecule has 0 aromatic heterocycles. The van der Waals surface area contributed by atoms with Gasteiger partial charge in [-0.1, -0.05) is 80.5 Å². The van der Waals surface area contributed by atoms with E-state index in [9.17, 15) is 4.57 Å². The molecule has 2 rings (SSSR count). The zero-order chi connectivity index (χ0) is 18.7. The van der Waals surface area contributed by atoms with Crippen LogP contribution in [0.3, 0.4) is 0 Å². The normalized spacial score (nSPS) is 23.4. The van der Waals surface area contributed by atoms with E-state index in [-0.39, 0.29) is 10.8 Å². The Morgan fingerprint density at radius 2 is 1.58 bits per heavy atom. The third-order valence-corrected chi connectivity index (χ3v) is 8.56. The van der Waals surface area contributed by atoms with Crippen molar-refractivity contribution in [1.82, 2.24) is 0 Å². The van der Waals surface area contributed by atoms with Gasteiger partial charge in [0.25, 0.3) is 0 Å². The third-order valence-electron chi connectivity index (χ3n) is 5.01. The van der Waals surface area contributed by atoms with Gasteiger partial charge in [-0.2, -0.15) is 0 Å². The van der Waals surface area contributed by atoms with Crippen LogP contribution in [0, 0.1) is 5.41 Å². The molecule has 134 valence electrons. The highest BCUT2D eigenvalue weighted by Gasteiger charge is 2.45. The summed E-state index contributed by atoms with van der Waals surface area (Å²) in [4.78, 5) is 0. The van der Waals surface area contributed by atoms with Crippen LogP contribution < -0.4 is 5.30 Å². The Kier molecular flexibility index (Phi) is 4.97. The van der Waals surface area contributed by atoms with Crippen molar-refractivity contribution < 1.29 is 4.57 Å². The molecule has 1 aromatic carbocycles. The van der Waals surface area contributed by atoms with Crippen molar-refractivity contribution in [3.05, 3.63) is 40.2 Å². The van der Waals surface area contributed by atoms with Gasteiger partial charge in [-0.15, -0.1) is 0 Å². The molecule has 0 saturated heterocycles. The van der Waals surface area contributed by atoms with Crippen LogP contribution in [0.25, 0.3) is 0 Å². The van der Waals surface area contributed by atoms with E-state index in [0.717, 1.165) is 21.7 Å². The van der Waals surface area contributed by atoms with E-state index in [2.05, 4.69) is 80.5 Å². The smallest absolute Gasteiger partial charge is 0.222 e. The molecule has 24 heavy (non-hydrogen) atoms. The van der Waals surface area contributed by atoms with Crippen LogP contribution in [0.5, 0.6) is 0 Å². The second-order valence-electron chi connectivity index (χ2n) is 9.35. The summed E-state index contributed by atoms with van der Waals surface area (Å²) in [5, 5.41) is 1.80. The van der Waals surface area contributed by atoms with Crippen molar-refractivity contribution in [1.29, 1.82) is 0 Å². The van der Waals surface area contributed by atoms with Crippen LogP contribution in [-0.4, -0.2) is 0 Å². The first-order valence-electron chi connectivity index (χ1n) is 8.92. The number of halogens is 1. The van der Waals surface area contributed by atoms with Gasteiger partial charge in [0.2, 0.25) is 6.49 Å². The molecule has 1 nitrogen and oxygen atoms in total. The zero-order valence-electron chi connectivity index (χ0n) is 16.6. The molecule has 0 spiro atoms. The van der Waals surface area contributed by atoms with E-state index in [1.165, 1.54) is 5.56 Å². The van der Waals surface area contributed by atoms with Gasteiger partial charge in [0.05, 0.1) is 0 Å². The Morgan fingerprint density at radius 1 is 1.04 bits per heavy atom. The third kappa shape index (κ3) is 3.27. The Balaban J connectivity index is 2.94. The first-order valence-corrected chi connectivity index (χ1v) is 11.5. The molecular weight excluding hydrogens is 335 g/mol. The van der Waals surface area contributed by atoms with Crippen LogP contribution in [0.4, 0.5) is 0 Å². The molecule has 0 amide bonds. The predicted molar refractivity (Wildman–Crippen MR) is 108 cm³/mol. The fraction of sp³-hybridized carbons (Fsp3) is 0.619. The maximum atomic E-state index is 13.8. The van der Waals surface area contributed by atoms with E-state index in [1.54, 1.807) is 0 Å². The summed E-state index contributed by atoms with van der Waals surface area (Å²) < 4.78 is 13.8. The second kappa shape index (κ2) is 6.03. The lowest BCUT2D eigenvalue weighted by molar-refractivity contribution is 0.504. The Hall–Kier alpha value is -0.520. The summed E-state index contributed by atoms with van der Waals surface area (Å²) in [6.07, 6.45) is 2.16. The Bertz CT molecular complexity index is 733. The van der Waals surface area contributed by atoms with Gasteiger partial charge in [0.1, 0.15) is 0 Å². The summed E-state index contributed by atoms with van der Waals surface area (Å²) >= 11 is 6.85. The van der Waals surface area contributed by atoms with Crippen LogP contribution in [0.15, 0.2) is 23.5 Å². The minimum absolute atomic E-state index is 0.171. The maximum absolute atomic E-state index is 13.8. The van der Waals surface area contributed by atoms with Gasteiger partial charge < -0.3 is 0 Å².